The summed E-state index contributed by atoms with van der Waals surface area (Å²) in [5.41, 5.74) is 5.76. The first-order valence-corrected chi connectivity index (χ1v) is 10.3. The number of anilines is 1. The van der Waals surface area contributed by atoms with Crippen molar-refractivity contribution in [2.75, 3.05) is 25.0 Å². The Morgan fingerprint density at radius 1 is 0.875 bits per heavy atom. The lowest BCUT2D eigenvalue weighted by molar-refractivity contribution is -0.116. The fraction of sp³-hybridized carbons (Fsp3) is 0.524. The molecule has 0 heterocycles. The zero-order valence-electron chi connectivity index (χ0n) is 18.8. The second kappa shape index (κ2) is 13.7. The Kier molecular flexibility index (Phi) is 11.4. The summed E-state index contributed by atoms with van der Waals surface area (Å²) in [6, 6.07) is 6.33. The molecule has 0 atom stereocenters. The van der Waals surface area contributed by atoms with Crippen molar-refractivity contribution in [1.29, 1.82) is 0 Å². The number of carbonyl (C=O) groups is 4. The Morgan fingerprint density at radius 3 is 2.09 bits per heavy atom. The van der Waals surface area contributed by atoms with Crippen LogP contribution in [0.1, 0.15) is 45.6 Å². The summed E-state index contributed by atoms with van der Waals surface area (Å²) in [4.78, 5) is 45.7. The van der Waals surface area contributed by atoms with Crippen molar-refractivity contribution >= 4 is 29.8 Å². The highest BCUT2D eigenvalue weighted by Crippen LogP contribution is 2.11. The van der Waals surface area contributed by atoms with Crippen LogP contribution in [0.4, 0.5) is 20.1 Å². The zero-order chi connectivity index (χ0) is 24.0. The molecule has 5 amide bonds. The lowest BCUT2D eigenvalue weighted by Crippen LogP contribution is -2.38. The van der Waals surface area contributed by atoms with Crippen molar-refractivity contribution in [3.05, 3.63) is 29.8 Å². The van der Waals surface area contributed by atoms with Gasteiger partial charge in [0.1, 0.15) is 12.2 Å². The fourth-order valence-corrected chi connectivity index (χ4v) is 2.37. The number of carbonyl (C=O) groups excluding carboxylic acids is 4. The normalized spacial score (nSPS) is 10.6. The summed E-state index contributed by atoms with van der Waals surface area (Å²) in [7, 11) is 0. The summed E-state index contributed by atoms with van der Waals surface area (Å²) >= 11 is 0. The van der Waals surface area contributed by atoms with E-state index in [1.807, 2.05) is 0 Å². The number of alkyl carbamates (subject to hydrolysis) is 2. The maximum absolute atomic E-state index is 11.9. The molecule has 0 saturated heterocycles. The van der Waals surface area contributed by atoms with E-state index in [9.17, 15) is 19.2 Å². The molecule has 6 N–H and O–H groups in total. The third-order valence-electron chi connectivity index (χ3n) is 3.80. The number of benzene rings is 1. The van der Waals surface area contributed by atoms with Gasteiger partial charge in [-0.3, -0.25) is 4.79 Å². The molecule has 32 heavy (non-hydrogen) atoms. The second-order valence-electron chi connectivity index (χ2n) is 7.92. The van der Waals surface area contributed by atoms with Crippen LogP contribution in [0.2, 0.25) is 0 Å². The predicted octanol–water partition coefficient (Wildman–Crippen LogP) is 2.21. The summed E-state index contributed by atoms with van der Waals surface area (Å²) in [6.45, 7) is 6.19. The van der Waals surface area contributed by atoms with Crippen LogP contribution in [0.3, 0.4) is 0 Å². The molecule has 0 fully saturated rings. The van der Waals surface area contributed by atoms with E-state index in [0.717, 1.165) is 5.56 Å². The minimum absolute atomic E-state index is 0.0619. The Morgan fingerprint density at radius 2 is 1.50 bits per heavy atom. The van der Waals surface area contributed by atoms with Crippen LogP contribution in [0, 0.1) is 0 Å². The van der Waals surface area contributed by atoms with Crippen molar-refractivity contribution in [1.82, 2.24) is 16.0 Å². The molecule has 1 rings (SSSR count). The third kappa shape index (κ3) is 13.7. The molecule has 0 aliphatic carbocycles. The number of unbranched alkanes of at least 4 members (excludes halogenated alkanes) is 1. The number of urea groups is 1. The maximum atomic E-state index is 11.9. The third-order valence-corrected chi connectivity index (χ3v) is 3.80. The quantitative estimate of drug-likeness (QED) is 0.324. The van der Waals surface area contributed by atoms with E-state index in [-0.39, 0.29) is 25.6 Å². The Bertz CT molecular complexity index is 761. The Labute approximate surface area is 187 Å². The van der Waals surface area contributed by atoms with Crippen LogP contribution in [0.25, 0.3) is 0 Å². The van der Waals surface area contributed by atoms with Crippen LogP contribution in [0.5, 0.6) is 0 Å². The number of nitrogens with one attached hydrogen (secondary N) is 4. The van der Waals surface area contributed by atoms with Gasteiger partial charge >= 0.3 is 18.2 Å². The molecule has 178 valence electrons. The molecule has 1 aromatic rings. The molecule has 0 aromatic heterocycles. The van der Waals surface area contributed by atoms with Gasteiger partial charge in [-0.15, -0.1) is 0 Å². The van der Waals surface area contributed by atoms with E-state index in [1.165, 1.54) is 0 Å². The monoisotopic (exact) mass is 451 g/mol. The van der Waals surface area contributed by atoms with E-state index in [0.29, 0.717) is 31.5 Å². The van der Waals surface area contributed by atoms with Crippen LogP contribution in [-0.4, -0.2) is 49.4 Å². The molecular formula is C21H33N5O6. The van der Waals surface area contributed by atoms with Crippen LogP contribution >= 0.6 is 0 Å². The van der Waals surface area contributed by atoms with Crippen molar-refractivity contribution in [2.24, 2.45) is 5.73 Å². The smallest absolute Gasteiger partial charge is 0.407 e. The van der Waals surface area contributed by atoms with E-state index >= 15 is 0 Å². The van der Waals surface area contributed by atoms with E-state index < -0.39 is 23.8 Å². The lowest BCUT2D eigenvalue weighted by atomic mass is 10.2. The summed E-state index contributed by atoms with van der Waals surface area (Å²) in [5.74, 6) is -0.132. The molecule has 0 aliphatic heterocycles. The van der Waals surface area contributed by atoms with Crippen LogP contribution in [-0.2, 0) is 20.9 Å². The molecule has 11 heteroatoms. The number of amides is 5. The largest absolute Gasteiger partial charge is 0.445 e. The molecule has 0 spiro atoms. The molecule has 0 bridgehead atoms. The number of hydrogen-bond donors (Lipinski definition) is 5. The van der Waals surface area contributed by atoms with Crippen molar-refractivity contribution < 1.29 is 28.7 Å². The van der Waals surface area contributed by atoms with E-state index in [4.69, 9.17) is 15.2 Å². The molecule has 0 unspecified atom stereocenters. The van der Waals surface area contributed by atoms with Gasteiger partial charge in [0.25, 0.3) is 0 Å². The lowest BCUT2D eigenvalue weighted by Gasteiger charge is -2.19. The molecule has 1 aromatic carbocycles. The highest BCUT2D eigenvalue weighted by Gasteiger charge is 2.15. The average Bonchev–Trinajstić information content (AvgIpc) is 2.69. The van der Waals surface area contributed by atoms with Crippen molar-refractivity contribution in [2.45, 2.75) is 52.2 Å². The number of ether oxygens (including phenoxy) is 2. The maximum Gasteiger partial charge on any atom is 0.407 e. The SMILES string of the molecule is CC(C)(C)OC(=O)NCCNC(=O)OCc1ccc(NC(=O)CCCCNC(N)=O)cc1. The summed E-state index contributed by atoms with van der Waals surface area (Å²) in [6.07, 6.45) is 0.444. The fourth-order valence-electron chi connectivity index (χ4n) is 2.37. The summed E-state index contributed by atoms with van der Waals surface area (Å²) < 4.78 is 10.2. The summed E-state index contributed by atoms with van der Waals surface area (Å²) in [5, 5.41) is 10.3. The first-order chi connectivity index (χ1) is 15.0. The van der Waals surface area contributed by atoms with Gasteiger partial charge in [0.2, 0.25) is 5.91 Å². The second-order valence-corrected chi connectivity index (χ2v) is 7.92. The van der Waals surface area contributed by atoms with Crippen molar-refractivity contribution in [3.63, 3.8) is 0 Å². The molecule has 11 nitrogen and oxygen atoms in total. The molecular weight excluding hydrogens is 418 g/mol. The van der Waals surface area contributed by atoms with Crippen LogP contribution < -0.4 is 27.0 Å². The standard InChI is InChI=1S/C21H33N5O6/c1-21(2,3)32-20(30)25-13-12-24-19(29)31-14-15-7-9-16(10-8-15)26-17(27)6-4-5-11-23-18(22)28/h7-10H,4-6,11-14H2,1-3H3,(H,24,29)(H,25,30)(H,26,27)(H3,22,23,28). The van der Waals surface area contributed by atoms with Gasteiger partial charge in [-0.2, -0.15) is 0 Å². The minimum Gasteiger partial charge on any atom is -0.445 e. The number of primary amides is 1. The highest BCUT2D eigenvalue weighted by atomic mass is 16.6. The molecule has 0 radical (unpaired) electrons. The van der Waals surface area contributed by atoms with Gasteiger partial charge in [0, 0.05) is 31.7 Å². The predicted molar refractivity (Wildman–Crippen MR) is 119 cm³/mol. The average molecular weight is 452 g/mol. The van der Waals surface area contributed by atoms with Gasteiger partial charge in [-0.05, 0) is 51.3 Å². The molecule has 0 saturated carbocycles. The number of hydrogen-bond acceptors (Lipinski definition) is 6. The van der Waals surface area contributed by atoms with Crippen molar-refractivity contribution in [3.8, 4) is 0 Å². The first-order valence-electron chi connectivity index (χ1n) is 10.3. The highest BCUT2D eigenvalue weighted by molar-refractivity contribution is 5.90. The minimum atomic E-state index is -0.612. The van der Waals surface area contributed by atoms with Gasteiger partial charge in [-0.1, -0.05) is 12.1 Å². The van der Waals surface area contributed by atoms with Gasteiger partial charge in [-0.25, -0.2) is 14.4 Å². The Hall–Kier alpha value is -3.50. The van der Waals surface area contributed by atoms with E-state index in [2.05, 4.69) is 21.3 Å². The van der Waals surface area contributed by atoms with Gasteiger partial charge < -0.3 is 36.5 Å². The topological polar surface area (TPSA) is 161 Å². The molecule has 0 aliphatic rings. The number of rotatable bonds is 11. The van der Waals surface area contributed by atoms with Gasteiger partial charge in [0.15, 0.2) is 0 Å². The van der Waals surface area contributed by atoms with Crippen LogP contribution in [0.15, 0.2) is 24.3 Å². The zero-order valence-corrected chi connectivity index (χ0v) is 18.8. The van der Waals surface area contributed by atoms with E-state index in [1.54, 1.807) is 45.0 Å². The Balaban J connectivity index is 2.20. The first kappa shape index (κ1) is 26.5. The van der Waals surface area contributed by atoms with Gasteiger partial charge in [0.05, 0.1) is 0 Å². The number of nitrogens with two attached hydrogens (primary N) is 1.